The number of pyridine rings is 1. The summed E-state index contributed by atoms with van der Waals surface area (Å²) in [7, 11) is 2.22. The first kappa shape index (κ1) is 11.5. The monoisotopic (exact) mass is 295 g/mol. The summed E-state index contributed by atoms with van der Waals surface area (Å²) in [6.07, 6.45) is 1.96. The van der Waals surface area contributed by atoms with Crippen molar-refractivity contribution in [2.75, 3.05) is 38.1 Å². The molecule has 92 valence electrons. The molecule has 3 nitrogen and oxygen atoms in total. The number of aryl methyl sites for hydroxylation is 1. The van der Waals surface area contributed by atoms with E-state index < -0.39 is 0 Å². The van der Waals surface area contributed by atoms with Gasteiger partial charge in [-0.3, -0.25) is 0 Å². The van der Waals surface area contributed by atoms with E-state index in [1.54, 1.807) is 0 Å². The highest BCUT2D eigenvalue weighted by molar-refractivity contribution is 9.10. The Hall–Kier alpha value is -0.610. The first-order chi connectivity index (χ1) is 8.13. The van der Waals surface area contributed by atoms with E-state index in [2.05, 4.69) is 50.8 Å². The Balaban J connectivity index is 1.79. The van der Waals surface area contributed by atoms with Crippen molar-refractivity contribution in [2.45, 2.75) is 6.92 Å². The van der Waals surface area contributed by atoms with E-state index in [0.29, 0.717) is 0 Å². The maximum atomic E-state index is 4.57. The largest absolute Gasteiger partial charge is 0.355 e. The van der Waals surface area contributed by atoms with Crippen LogP contribution in [-0.4, -0.2) is 43.1 Å². The number of nitrogens with zero attached hydrogens (tertiary/aromatic N) is 3. The molecule has 4 heteroatoms. The topological polar surface area (TPSA) is 19.4 Å². The van der Waals surface area contributed by atoms with E-state index in [4.69, 9.17) is 0 Å². The summed E-state index contributed by atoms with van der Waals surface area (Å²) in [5, 5.41) is 0. The minimum Gasteiger partial charge on any atom is -0.355 e. The normalized spacial score (nSPS) is 28.8. The standard InChI is InChI=1S/C13H18BrN3/c1-9-3-12(14)13(15-4-9)17-7-10-5-16(2)6-11(10)8-17/h3-4,10-11H,5-8H2,1-2H3/t10-,11+. The maximum absolute atomic E-state index is 4.57. The van der Waals surface area contributed by atoms with Crippen molar-refractivity contribution < 1.29 is 0 Å². The minimum absolute atomic E-state index is 0.829. The van der Waals surface area contributed by atoms with E-state index in [0.717, 1.165) is 35.2 Å². The predicted octanol–water partition coefficient (Wildman–Crippen LogP) is 2.15. The van der Waals surface area contributed by atoms with Crippen molar-refractivity contribution >= 4 is 21.7 Å². The molecule has 0 aromatic carbocycles. The Morgan fingerprint density at radius 2 is 1.88 bits per heavy atom. The van der Waals surface area contributed by atoms with Crippen LogP contribution in [-0.2, 0) is 0 Å². The minimum atomic E-state index is 0.829. The maximum Gasteiger partial charge on any atom is 0.142 e. The van der Waals surface area contributed by atoms with Gasteiger partial charge < -0.3 is 9.80 Å². The Labute approximate surface area is 111 Å². The van der Waals surface area contributed by atoms with Gasteiger partial charge in [0, 0.05) is 32.4 Å². The predicted molar refractivity (Wildman–Crippen MR) is 73.4 cm³/mol. The third kappa shape index (κ3) is 2.08. The second-order valence-electron chi connectivity index (χ2n) is 5.46. The first-order valence-corrected chi connectivity index (χ1v) is 6.98. The third-order valence-corrected chi connectivity index (χ3v) is 4.51. The number of fused-ring (bicyclic) bond motifs is 1. The molecule has 2 aliphatic rings. The summed E-state index contributed by atoms with van der Waals surface area (Å²) in [6.45, 7) is 6.87. The fraction of sp³-hybridized carbons (Fsp3) is 0.615. The summed E-state index contributed by atoms with van der Waals surface area (Å²) in [5.74, 6) is 2.78. The van der Waals surface area contributed by atoms with Gasteiger partial charge >= 0.3 is 0 Å². The molecule has 2 aliphatic heterocycles. The summed E-state index contributed by atoms with van der Waals surface area (Å²) >= 11 is 3.63. The van der Waals surface area contributed by atoms with Gasteiger partial charge in [-0.15, -0.1) is 0 Å². The Kier molecular flexibility index (Phi) is 2.87. The van der Waals surface area contributed by atoms with Crippen molar-refractivity contribution in [1.82, 2.24) is 9.88 Å². The van der Waals surface area contributed by atoms with Crippen LogP contribution in [0.15, 0.2) is 16.7 Å². The second-order valence-corrected chi connectivity index (χ2v) is 6.32. The van der Waals surface area contributed by atoms with Gasteiger partial charge in [0.25, 0.3) is 0 Å². The number of hydrogen-bond acceptors (Lipinski definition) is 3. The highest BCUT2D eigenvalue weighted by Gasteiger charge is 2.39. The van der Waals surface area contributed by atoms with Gasteiger partial charge in [-0.05, 0) is 53.4 Å². The molecular formula is C13H18BrN3. The molecular weight excluding hydrogens is 278 g/mol. The van der Waals surface area contributed by atoms with E-state index in [-0.39, 0.29) is 0 Å². The van der Waals surface area contributed by atoms with Gasteiger partial charge in [0.05, 0.1) is 4.47 Å². The average molecular weight is 296 g/mol. The first-order valence-electron chi connectivity index (χ1n) is 6.19. The molecule has 1 aromatic rings. The average Bonchev–Trinajstić information content (AvgIpc) is 2.74. The molecule has 17 heavy (non-hydrogen) atoms. The van der Waals surface area contributed by atoms with Crippen molar-refractivity contribution in [3.05, 3.63) is 22.3 Å². The van der Waals surface area contributed by atoms with Crippen LogP contribution in [0.3, 0.4) is 0 Å². The summed E-state index contributed by atoms with van der Waals surface area (Å²) < 4.78 is 1.13. The van der Waals surface area contributed by atoms with E-state index in [9.17, 15) is 0 Å². The number of hydrogen-bond donors (Lipinski definition) is 0. The van der Waals surface area contributed by atoms with Crippen molar-refractivity contribution in [3.63, 3.8) is 0 Å². The van der Waals surface area contributed by atoms with Gasteiger partial charge in [-0.25, -0.2) is 4.98 Å². The van der Waals surface area contributed by atoms with Crippen molar-refractivity contribution in [3.8, 4) is 0 Å². The quantitative estimate of drug-likeness (QED) is 0.791. The number of aromatic nitrogens is 1. The number of rotatable bonds is 1. The Morgan fingerprint density at radius 3 is 2.47 bits per heavy atom. The summed E-state index contributed by atoms with van der Waals surface area (Å²) in [6, 6.07) is 2.16. The van der Waals surface area contributed by atoms with E-state index in [1.165, 1.54) is 18.7 Å². The number of anilines is 1. The smallest absolute Gasteiger partial charge is 0.142 e. The van der Waals surface area contributed by atoms with Crippen LogP contribution in [0, 0.1) is 18.8 Å². The molecule has 3 rings (SSSR count). The fourth-order valence-electron chi connectivity index (χ4n) is 3.16. The van der Waals surface area contributed by atoms with Crippen LogP contribution in [0.4, 0.5) is 5.82 Å². The van der Waals surface area contributed by atoms with Crippen LogP contribution >= 0.6 is 15.9 Å². The zero-order valence-electron chi connectivity index (χ0n) is 10.4. The lowest BCUT2D eigenvalue weighted by molar-refractivity contribution is 0.387. The van der Waals surface area contributed by atoms with Gasteiger partial charge in [0.1, 0.15) is 5.82 Å². The molecule has 0 aliphatic carbocycles. The van der Waals surface area contributed by atoms with Crippen LogP contribution in [0.2, 0.25) is 0 Å². The van der Waals surface area contributed by atoms with Gasteiger partial charge in [0.15, 0.2) is 0 Å². The SMILES string of the molecule is Cc1cnc(N2C[C@H]3CN(C)C[C@H]3C2)c(Br)c1. The van der Waals surface area contributed by atoms with Crippen LogP contribution in [0.1, 0.15) is 5.56 Å². The Morgan fingerprint density at radius 1 is 1.24 bits per heavy atom. The molecule has 2 atom stereocenters. The fourth-order valence-corrected chi connectivity index (χ4v) is 3.87. The highest BCUT2D eigenvalue weighted by atomic mass is 79.9. The molecule has 3 heterocycles. The molecule has 0 bridgehead atoms. The zero-order chi connectivity index (χ0) is 12.0. The molecule has 2 saturated heterocycles. The lowest BCUT2D eigenvalue weighted by Gasteiger charge is -2.21. The van der Waals surface area contributed by atoms with Crippen molar-refractivity contribution in [1.29, 1.82) is 0 Å². The van der Waals surface area contributed by atoms with Crippen LogP contribution < -0.4 is 4.90 Å². The molecule has 0 amide bonds. The molecule has 0 radical (unpaired) electrons. The molecule has 0 N–H and O–H groups in total. The van der Waals surface area contributed by atoms with Gasteiger partial charge in [-0.1, -0.05) is 0 Å². The lowest BCUT2D eigenvalue weighted by atomic mass is 10.0. The zero-order valence-corrected chi connectivity index (χ0v) is 11.9. The van der Waals surface area contributed by atoms with E-state index >= 15 is 0 Å². The third-order valence-electron chi connectivity index (χ3n) is 3.93. The molecule has 2 fully saturated rings. The van der Waals surface area contributed by atoms with Gasteiger partial charge in [0.2, 0.25) is 0 Å². The Bertz CT molecular complexity index is 421. The summed E-state index contributed by atoms with van der Waals surface area (Å²) in [5.41, 5.74) is 1.21. The van der Waals surface area contributed by atoms with Crippen LogP contribution in [0.5, 0.6) is 0 Å². The molecule has 0 saturated carbocycles. The second kappa shape index (κ2) is 4.25. The van der Waals surface area contributed by atoms with Crippen LogP contribution in [0.25, 0.3) is 0 Å². The molecule has 0 spiro atoms. The lowest BCUT2D eigenvalue weighted by Crippen LogP contribution is -2.27. The molecule has 1 aromatic heterocycles. The van der Waals surface area contributed by atoms with Gasteiger partial charge in [-0.2, -0.15) is 0 Å². The number of likely N-dealkylation sites (tertiary alicyclic amines) is 1. The van der Waals surface area contributed by atoms with Crippen molar-refractivity contribution in [2.24, 2.45) is 11.8 Å². The van der Waals surface area contributed by atoms with E-state index in [1.807, 2.05) is 6.20 Å². The summed E-state index contributed by atoms with van der Waals surface area (Å²) in [4.78, 5) is 9.46. The molecule has 0 unspecified atom stereocenters. The number of halogens is 1. The highest BCUT2D eigenvalue weighted by Crippen LogP contribution is 2.35.